The fourth-order valence-electron chi connectivity index (χ4n) is 0.139. The van der Waals surface area contributed by atoms with Gasteiger partial charge in [0.2, 0.25) is 0 Å². The van der Waals surface area contributed by atoms with Gasteiger partial charge in [0.15, 0.2) is 0 Å². The van der Waals surface area contributed by atoms with E-state index in [1.807, 2.05) is 0 Å². The standard InChI is InChI=1S/C2H7N3O/c1-2-4-5(3)6/h2H2,1H3,(H2,3,4). The van der Waals surface area contributed by atoms with Crippen molar-refractivity contribution in [1.82, 2.24) is 0 Å². The molecule has 0 saturated heterocycles. The first-order valence-corrected chi connectivity index (χ1v) is 1.66. The van der Waals surface area contributed by atoms with Gasteiger partial charge >= 0.3 is 0 Å². The predicted molar refractivity (Wildman–Crippen MR) is 20.8 cm³/mol. The summed E-state index contributed by atoms with van der Waals surface area (Å²) in [5.41, 5.74) is 0. The lowest BCUT2D eigenvalue weighted by atomic mass is 10.8. The second-order valence-electron chi connectivity index (χ2n) is 0.760. The van der Waals surface area contributed by atoms with Crippen LogP contribution in [-0.2, 0) is 0 Å². The molecule has 0 aliphatic heterocycles. The van der Waals surface area contributed by atoms with E-state index in [0.717, 1.165) is 0 Å². The molecule has 0 aromatic heterocycles. The summed E-state index contributed by atoms with van der Waals surface area (Å²) >= 11 is 0. The monoisotopic (exact) mass is 89.1 g/mol. The minimum absolute atomic E-state index is 0.0556. The number of nitrogens with zero attached hydrogens (tertiary/aromatic N) is 2. The maximum atomic E-state index is 9.57. The van der Waals surface area contributed by atoms with Gasteiger partial charge in [0.05, 0.1) is 0 Å². The molecule has 0 aliphatic carbocycles. The van der Waals surface area contributed by atoms with E-state index >= 15 is 0 Å². The third-order valence-electron chi connectivity index (χ3n) is 0.281. The molecule has 0 heterocycles. The highest BCUT2D eigenvalue weighted by atomic mass is 16.5. The molecular weight excluding hydrogens is 82.0 g/mol. The van der Waals surface area contributed by atoms with Crippen LogP contribution >= 0.6 is 0 Å². The molecule has 4 heteroatoms. The molecule has 0 amide bonds. The third-order valence-corrected chi connectivity index (χ3v) is 0.281. The number of hydrogen-bond acceptors (Lipinski definition) is 2. The van der Waals surface area contributed by atoms with Gasteiger partial charge in [0.1, 0.15) is 6.54 Å². The summed E-state index contributed by atoms with van der Waals surface area (Å²) < 4.78 is 0. The molecule has 0 atom stereocenters. The molecule has 0 saturated carbocycles. The zero-order valence-corrected chi connectivity index (χ0v) is 3.59. The van der Waals surface area contributed by atoms with Crippen molar-refractivity contribution < 1.29 is 4.97 Å². The smallest absolute Gasteiger partial charge is 0.103 e. The second-order valence-corrected chi connectivity index (χ2v) is 0.760. The fraction of sp³-hybridized carbons (Fsp3) is 1.00. The summed E-state index contributed by atoms with van der Waals surface area (Å²) in [5.74, 6) is 4.51. The van der Waals surface area contributed by atoms with Gasteiger partial charge in [-0.1, -0.05) is 0 Å². The molecule has 0 aromatic carbocycles. The zero-order valence-electron chi connectivity index (χ0n) is 3.59. The summed E-state index contributed by atoms with van der Waals surface area (Å²) in [6.45, 7) is 2.18. The van der Waals surface area contributed by atoms with Crippen molar-refractivity contribution in [3.8, 4) is 0 Å². The fourth-order valence-corrected chi connectivity index (χ4v) is 0.139. The molecular formula is C2H7N3O. The molecule has 2 N–H and O–H groups in total. The highest BCUT2D eigenvalue weighted by Crippen LogP contribution is 1.61. The molecule has 0 spiro atoms. The van der Waals surface area contributed by atoms with Gasteiger partial charge in [-0.15, -0.1) is 0 Å². The Kier molecular flexibility index (Phi) is 2.11. The van der Waals surface area contributed by atoms with Crippen LogP contribution in [0.4, 0.5) is 0 Å². The van der Waals surface area contributed by atoms with Crippen LogP contribution in [-0.4, -0.2) is 11.5 Å². The second kappa shape index (κ2) is 2.44. The summed E-state index contributed by atoms with van der Waals surface area (Å²) in [6.07, 6.45) is 0. The van der Waals surface area contributed by atoms with Gasteiger partial charge in [-0.05, 0) is 12.0 Å². The molecule has 6 heavy (non-hydrogen) atoms. The van der Waals surface area contributed by atoms with Crippen LogP contribution in [0.2, 0.25) is 0 Å². The molecule has 0 unspecified atom stereocenters. The third kappa shape index (κ3) is 3.20. The Morgan fingerprint density at radius 2 is 2.50 bits per heavy atom. The van der Waals surface area contributed by atoms with Gasteiger partial charge in [-0.3, -0.25) is 0 Å². The Hall–Kier alpha value is -0.800. The van der Waals surface area contributed by atoms with Gasteiger partial charge in [-0.2, -0.15) is 5.84 Å². The normalized spacial score (nSPS) is 11.8. The Morgan fingerprint density at radius 1 is 2.00 bits per heavy atom. The van der Waals surface area contributed by atoms with Crippen LogP contribution in [0.25, 0.3) is 0 Å². The van der Waals surface area contributed by atoms with Crippen LogP contribution in [0.15, 0.2) is 5.11 Å². The van der Waals surface area contributed by atoms with E-state index in [2.05, 4.69) is 11.0 Å². The Labute approximate surface area is 35.8 Å². The van der Waals surface area contributed by atoms with Crippen molar-refractivity contribution in [1.29, 1.82) is 0 Å². The summed E-state index contributed by atoms with van der Waals surface area (Å²) in [6, 6.07) is 0. The van der Waals surface area contributed by atoms with E-state index in [1.165, 1.54) is 0 Å². The van der Waals surface area contributed by atoms with Crippen LogP contribution < -0.4 is 5.84 Å². The van der Waals surface area contributed by atoms with E-state index in [4.69, 9.17) is 0 Å². The Balaban J connectivity index is 3.14. The van der Waals surface area contributed by atoms with Crippen molar-refractivity contribution >= 4 is 0 Å². The van der Waals surface area contributed by atoms with Crippen molar-refractivity contribution in [3.05, 3.63) is 5.21 Å². The highest BCUT2D eigenvalue weighted by molar-refractivity contribution is 4.10. The zero-order chi connectivity index (χ0) is 4.99. The highest BCUT2D eigenvalue weighted by Gasteiger charge is 1.70. The van der Waals surface area contributed by atoms with Crippen LogP contribution in [0.1, 0.15) is 6.92 Å². The molecule has 0 radical (unpaired) electrons. The minimum Gasteiger partial charge on any atom is -0.572 e. The Morgan fingerprint density at radius 3 is 2.50 bits per heavy atom. The van der Waals surface area contributed by atoms with Gasteiger partial charge in [0.25, 0.3) is 0 Å². The molecule has 0 rings (SSSR count). The molecule has 0 aliphatic rings. The summed E-state index contributed by atoms with van der Waals surface area (Å²) in [4.78, 5) is 0.0556. The lowest BCUT2D eigenvalue weighted by Gasteiger charge is -1.83. The average molecular weight is 89.1 g/mol. The van der Waals surface area contributed by atoms with E-state index < -0.39 is 0 Å². The quantitative estimate of drug-likeness (QED) is 0.210. The molecule has 0 fully saturated rings. The Bertz CT molecular complexity index is 55.8. The van der Waals surface area contributed by atoms with Crippen molar-refractivity contribution in [2.24, 2.45) is 11.0 Å². The van der Waals surface area contributed by atoms with E-state index in [1.54, 1.807) is 6.92 Å². The molecule has 4 nitrogen and oxygen atoms in total. The van der Waals surface area contributed by atoms with Crippen LogP contribution in [0.3, 0.4) is 0 Å². The van der Waals surface area contributed by atoms with Gasteiger partial charge in [-0.25, -0.2) is 0 Å². The largest absolute Gasteiger partial charge is 0.572 e. The van der Waals surface area contributed by atoms with Crippen molar-refractivity contribution in [2.45, 2.75) is 6.92 Å². The maximum Gasteiger partial charge on any atom is 0.103 e. The van der Waals surface area contributed by atoms with E-state index in [-0.39, 0.29) is 4.97 Å². The summed E-state index contributed by atoms with van der Waals surface area (Å²) in [5, 5.41) is 12.8. The first-order valence-electron chi connectivity index (χ1n) is 1.66. The maximum absolute atomic E-state index is 9.57. The predicted octanol–water partition coefficient (Wildman–Crippen LogP) is -0.157. The first-order chi connectivity index (χ1) is 2.77. The van der Waals surface area contributed by atoms with Gasteiger partial charge in [0, 0.05) is 4.97 Å². The average Bonchev–Trinajstić information content (AvgIpc) is 1.35. The molecule has 0 aromatic rings. The number of hydrazine groups is 1. The van der Waals surface area contributed by atoms with Crippen LogP contribution in [0.5, 0.6) is 0 Å². The van der Waals surface area contributed by atoms with Crippen LogP contribution in [0, 0.1) is 5.21 Å². The topological polar surface area (TPSA) is 64.5 Å². The summed E-state index contributed by atoms with van der Waals surface area (Å²) in [7, 11) is 0. The lowest BCUT2D eigenvalue weighted by Crippen LogP contribution is -2.08. The lowest BCUT2D eigenvalue weighted by molar-refractivity contribution is -0.542. The van der Waals surface area contributed by atoms with E-state index in [9.17, 15) is 5.21 Å². The number of rotatable bonds is 1. The molecule has 36 valence electrons. The number of nitrogens with two attached hydrogens (primary N) is 1. The van der Waals surface area contributed by atoms with Gasteiger partial charge < -0.3 is 5.21 Å². The minimum atomic E-state index is 0.0556. The molecule has 0 bridgehead atoms. The van der Waals surface area contributed by atoms with Crippen molar-refractivity contribution in [3.63, 3.8) is 0 Å². The SMILES string of the molecule is CC/N=[N+](\N)[O-]. The number of hydrogen-bond donors (Lipinski definition) is 1. The van der Waals surface area contributed by atoms with Crippen molar-refractivity contribution in [2.75, 3.05) is 6.54 Å². The van der Waals surface area contributed by atoms with E-state index in [0.29, 0.717) is 6.54 Å². The first kappa shape index (κ1) is 5.20.